The third-order valence-electron chi connectivity index (χ3n) is 2.11. The summed E-state index contributed by atoms with van der Waals surface area (Å²) >= 11 is 2.95. The van der Waals surface area contributed by atoms with Crippen molar-refractivity contribution in [3.8, 4) is 0 Å². The van der Waals surface area contributed by atoms with Crippen molar-refractivity contribution in [3.05, 3.63) is 34.1 Å². The lowest BCUT2D eigenvalue weighted by molar-refractivity contribution is -0.136. The van der Waals surface area contributed by atoms with Gasteiger partial charge in [-0.25, -0.2) is 4.39 Å². The molecule has 0 aromatic heterocycles. The van der Waals surface area contributed by atoms with Gasteiger partial charge in [0, 0.05) is 12.5 Å². The van der Waals surface area contributed by atoms with Crippen molar-refractivity contribution in [1.29, 1.82) is 0 Å². The van der Waals surface area contributed by atoms with E-state index in [0.29, 0.717) is 5.56 Å². The van der Waals surface area contributed by atoms with E-state index in [1.54, 1.807) is 0 Å². The molecule has 0 bridgehead atoms. The SMILES string of the molecule is Cl.N[C@H](CCC(F)(F)F)c1ccc(F)c(Br)c1. The highest BCUT2D eigenvalue weighted by Gasteiger charge is 2.27. The summed E-state index contributed by atoms with van der Waals surface area (Å²) in [6, 6.07) is 3.23. The highest BCUT2D eigenvalue weighted by atomic mass is 79.9. The van der Waals surface area contributed by atoms with E-state index >= 15 is 0 Å². The number of benzene rings is 1. The van der Waals surface area contributed by atoms with Gasteiger partial charge < -0.3 is 5.73 Å². The van der Waals surface area contributed by atoms with E-state index in [4.69, 9.17) is 5.73 Å². The molecule has 0 aliphatic carbocycles. The third-order valence-corrected chi connectivity index (χ3v) is 2.72. The van der Waals surface area contributed by atoms with Gasteiger partial charge in [0.15, 0.2) is 0 Å². The van der Waals surface area contributed by atoms with Crippen LogP contribution in [0.15, 0.2) is 22.7 Å². The Kier molecular flexibility index (Phi) is 6.43. The van der Waals surface area contributed by atoms with Crippen LogP contribution < -0.4 is 5.73 Å². The van der Waals surface area contributed by atoms with E-state index in [9.17, 15) is 17.6 Å². The van der Waals surface area contributed by atoms with Gasteiger partial charge in [0.05, 0.1) is 4.47 Å². The van der Waals surface area contributed by atoms with Crippen LogP contribution in [0.5, 0.6) is 0 Å². The summed E-state index contributed by atoms with van der Waals surface area (Å²) in [7, 11) is 0. The number of halogens is 6. The van der Waals surface area contributed by atoms with Crippen LogP contribution in [-0.4, -0.2) is 6.18 Å². The number of hydrogen-bond donors (Lipinski definition) is 1. The number of hydrogen-bond acceptors (Lipinski definition) is 1. The predicted octanol–water partition coefficient (Wildman–Crippen LogP) is 4.35. The van der Waals surface area contributed by atoms with E-state index < -0.39 is 24.5 Å². The fourth-order valence-electron chi connectivity index (χ4n) is 1.23. The average Bonchev–Trinajstić information content (AvgIpc) is 2.17. The highest BCUT2D eigenvalue weighted by molar-refractivity contribution is 9.10. The van der Waals surface area contributed by atoms with Gasteiger partial charge in [-0.05, 0) is 40.0 Å². The smallest absolute Gasteiger partial charge is 0.324 e. The van der Waals surface area contributed by atoms with Crippen molar-refractivity contribution in [2.24, 2.45) is 5.73 Å². The number of rotatable bonds is 3. The molecule has 0 aliphatic heterocycles. The van der Waals surface area contributed by atoms with Crippen molar-refractivity contribution in [3.63, 3.8) is 0 Å². The van der Waals surface area contributed by atoms with Gasteiger partial charge in [-0.1, -0.05) is 6.07 Å². The van der Waals surface area contributed by atoms with Gasteiger partial charge in [-0.3, -0.25) is 0 Å². The maximum Gasteiger partial charge on any atom is 0.389 e. The Bertz CT molecular complexity index is 370. The second-order valence-corrected chi connectivity index (χ2v) is 4.29. The molecule has 0 heterocycles. The molecular weight excluding hydrogens is 325 g/mol. The molecule has 0 saturated carbocycles. The van der Waals surface area contributed by atoms with E-state index in [2.05, 4.69) is 15.9 Å². The lowest BCUT2D eigenvalue weighted by atomic mass is 10.0. The van der Waals surface area contributed by atoms with Gasteiger partial charge in [-0.2, -0.15) is 13.2 Å². The fourth-order valence-corrected chi connectivity index (χ4v) is 1.63. The molecule has 2 N–H and O–H groups in total. The first-order valence-corrected chi connectivity index (χ1v) is 5.36. The van der Waals surface area contributed by atoms with Crippen LogP contribution in [0, 0.1) is 5.82 Å². The monoisotopic (exact) mass is 335 g/mol. The summed E-state index contributed by atoms with van der Waals surface area (Å²) in [4.78, 5) is 0. The van der Waals surface area contributed by atoms with Crippen LogP contribution in [0.2, 0.25) is 0 Å². The standard InChI is InChI=1S/C10H10BrF4N.ClH/c11-7-5-6(1-2-8(7)12)9(16)3-4-10(13,14)15;/h1-2,5,9H,3-4,16H2;1H/t9-;/m1./s1. The van der Waals surface area contributed by atoms with Crippen LogP contribution in [0.3, 0.4) is 0 Å². The first kappa shape index (κ1) is 16.7. The molecule has 0 amide bonds. The zero-order valence-electron chi connectivity index (χ0n) is 8.60. The van der Waals surface area contributed by atoms with E-state index in [-0.39, 0.29) is 23.3 Å². The Morgan fingerprint density at radius 3 is 2.35 bits per heavy atom. The van der Waals surface area contributed by atoms with Crippen molar-refractivity contribution >= 4 is 28.3 Å². The van der Waals surface area contributed by atoms with E-state index in [1.807, 2.05) is 0 Å². The van der Waals surface area contributed by atoms with Gasteiger partial charge in [0.25, 0.3) is 0 Å². The van der Waals surface area contributed by atoms with Crippen LogP contribution >= 0.6 is 28.3 Å². The first-order chi connectivity index (χ1) is 7.29. The summed E-state index contributed by atoms with van der Waals surface area (Å²) in [5, 5.41) is 0. The second kappa shape index (κ2) is 6.56. The van der Waals surface area contributed by atoms with Crippen LogP contribution in [-0.2, 0) is 0 Å². The lowest BCUT2D eigenvalue weighted by Crippen LogP contribution is -2.15. The molecule has 1 atom stereocenters. The van der Waals surface area contributed by atoms with E-state index in [1.165, 1.54) is 18.2 Å². The Hall–Kier alpha value is -0.330. The Morgan fingerprint density at radius 1 is 1.29 bits per heavy atom. The summed E-state index contributed by atoms with van der Waals surface area (Å²) in [6.45, 7) is 0. The summed E-state index contributed by atoms with van der Waals surface area (Å²) in [5.74, 6) is -0.466. The molecule has 0 unspecified atom stereocenters. The van der Waals surface area contributed by atoms with Crippen molar-refractivity contribution < 1.29 is 17.6 Å². The fraction of sp³-hybridized carbons (Fsp3) is 0.400. The lowest BCUT2D eigenvalue weighted by Gasteiger charge is -2.13. The van der Waals surface area contributed by atoms with E-state index in [0.717, 1.165) is 0 Å². The van der Waals surface area contributed by atoms with Crippen LogP contribution in [0.4, 0.5) is 17.6 Å². The Balaban J connectivity index is 0.00000256. The highest BCUT2D eigenvalue weighted by Crippen LogP contribution is 2.27. The van der Waals surface area contributed by atoms with Crippen molar-refractivity contribution in [1.82, 2.24) is 0 Å². The normalized spacial score (nSPS) is 13.1. The van der Waals surface area contributed by atoms with Crippen LogP contribution in [0.1, 0.15) is 24.4 Å². The summed E-state index contributed by atoms with van der Waals surface area (Å²) in [5.41, 5.74) is 6.06. The number of alkyl halides is 3. The van der Waals surface area contributed by atoms with Gasteiger partial charge in [0.1, 0.15) is 5.82 Å². The molecule has 1 nitrogen and oxygen atoms in total. The molecule has 0 aliphatic rings. The second-order valence-electron chi connectivity index (χ2n) is 3.43. The van der Waals surface area contributed by atoms with Gasteiger partial charge in [-0.15, -0.1) is 12.4 Å². The zero-order chi connectivity index (χ0) is 12.3. The molecule has 1 rings (SSSR count). The molecule has 1 aromatic carbocycles. The minimum Gasteiger partial charge on any atom is -0.324 e. The molecule has 0 fully saturated rings. The summed E-state index contributed by atoms with van der Waals surface area (Å²) < 4.78 is 48.9. The van der Waals surface area contributed by atoms with Gasteiger partial charge >= 0.3 is 6.18 Å². The van der Waals surface area contributed by atoms with Gasteiger partial charge in [0.2, 0.25) is 0 Å². The Morgan fingerprint density at radius 2 is 1.88 bits per heavy atom. The maximum absolute atomic E-state index is 12.9. The molecular formula is C10H11BrClF4N. The number of nitrogens with two attached hydrogens (primary N) is 1. The van der Waals surface area contributed by atoms with Crippen LogP contribution in [0.25, 0.3) is 0 Å². The zero-order valence-corrected chi connectivity index (χ0v) is 11.0. The first-order valence-electron chi connectivity index (χ1n) is 4.57. The summed E-state index contributed by atoms with van der Waals surface area (Å²) in [6.07, 6.45) is -5.36. The maximum atomic E-state index is 12.9. The molecule has 7 heteroatoms. The molecule has 0 saturated heterocycles. The molecule has 1 aromatic rings. The molecule has 17 heavy (non-hydrogen) atoms. The topological polar surface area (TPSA) is 26.0 Å². The molecule has 98 valence electrons. The Labute approximate surface area is 111 Å². The molecule has 0 spiro atoms. The molecule has 0 radical (unpaired) electrons. The minimum absolute atomic E-state index is 0. The quantitative estimate of drug-likeness (QED) is 0.816. The average molecular weight is 337 g/mol. The third kappa shape index (κ3) is 5.70. The predicted molar refractivity (Wildman–Crippen MR) is 63.6 cm³/mol. The van der Waals surface area contributed by atoms with Crippen molar-refractivity contribution in [2.75, 3.05) is 0 Å². The minimum atomic E-state index is -4.21. The largest absolute Gasteiger partial charge is 0.389 e. The van der Waals surface area contributed by atoms with Crippen molar-refractivity contribution in [2.45, 2.75) is 25.1 Å².